The number of rotatable bonds is 4. The first-order chi connectivity index (χ1) is 17.0. The van der Waals surface area contributed by atoms with Crippen molar-refractivity contribution in [3.63, 3.8) is 0 Å². The minimum atomic E-state index is -1.82. The lowest BCUT2D eigenvalue weighted by atomic mass is 10.0. The smallest absolute Gasteiger partial charge is 0.414 e. The van der Waals surface area contributed by atoms with Crippen LogP contribution < -0.4 is 11.5 Å². The molecule has 0 aliphatic rings. The maximum absolute atomic E-state index is 9.10. The van der Waals surface area contributed by atoms with Crippen molar-refractivity contribution in [1.82, 2.24) is 20.4 Å². The number of carboxylic acid groups (broad SMARTS) is 2. The fourth-order valence-corrected chi connectivity index (χ4v) is 3.07. The number of carboxylic acids is 2. The molecule has 10 heteroatoms. The highest BCUT2D eigenvalue weighted by Crippen LogP contribution is 2.23. The van der Waals surface area contributed by atoms with Crippen molar-refractivity contribution in [2.75, 3.05) is 11.5 Å². The summed E-state index contributed by atoms with van der Waals surface area (Å²) in [5.74, 6) is -1.47. The van der Waals surface area contributed by atoms with Crippen LogP contribution in [0.25, 0.3) is 22.5 Å². The van der Waals surface area contributed by atoms with Gasteiger partial charge in [-0.05, 0) is 34.1 Å². The van der Waals surface area contributed by atoms with E-state index in [1.165, 1.54) is 11.1 Å². The third kappa shape index (κ3) is 8.32. The maximum Gasteiger partial charge on any atom is 0.414 e. The van der Waals surface area contributed by atoms with E-state index in [9.17, 15) is 0 Å². The number of aromatic amines is 2. The number of carbonyl (C=O) groups is 2. The quantitative estimate of drug-likeness (QED) is 0.221. The Morgan fingerprint density at radius 2 is 0.972 bits per heavy atom. The SMILES string of the molecule is CC(C)c1ccc(-c2cc(N)n[nH]2)cc1.CC(C)c1ccc(-c2cc(N)n[nH]2)cc1.O=C(O)C(=O)O. The van der Waals surface area contributed by atoms with Crippen molar-refractivity contribution < 1.29 is 19.8 Å². The number of aromatic nitrogens is 4. The number of anilines is 2. The Morgan fingerprint density at radius 1 is 0.667 bits per heavy atom. The van der Waals surface area contributed by atoms with Gasteiger partial charge in [0, 0.05) is 12.1 Å². The second-order valence-electron chi connectivity index (χ2n) is 8.58. The molecule has 10 nitrogen and oxygen atoms in total. The molecular formula is C26H32N6O4. The van der Waals surface area contributed by atoms with E-state index in [1.807, 2.05) is 12.1 Å². The monoisotopic (exact) mass is 492 g/mol. The number of nitrogens with one attached hydrogen (secondary N) is 2. The number of benzene rings is 2. The molecule has 0 fully saturated rings. The van der Waals surface area contributed by atoms with Gasteiger partial charge in [-0.15, -0.1) is 0 Å². The van der Waals surface area contributed by atoms with Crippen LogP contribution in [-0.2, 0) is 9.59 Å². The van der Waals surface area contributed by atoms with Crippen LogP contribution in [0.4, 0.5) is 11.6 Å². The summed E-state index contributed by atoms with van der Waals surface area (Å²) in [6.45, 7) is 8.73. The van der Waals surface area contributed by atoms with Crippen molar-refractivity contribution in [3.05, 3.63) is 71.8 Å². The molecule has 4 aromatic rings. The maximum atomic E-state index is 9.10. The zero-order valence-electron chi connectivity index (χ0n) is 20.7. The van der Waals surface area contributed by atoms with Gasteiger partial charge >= 0.3 is 11.9 Å². The van der Waals surface area contributed by atoms with E-state index in [-0.39, 0.29) is 0 Å². The lowest BCUT2D eigenvalue weighted by Gasteiger charge is -2.05. The first-order valence-electron chi connectivity index (χ1n) is 11.3. The van der Waals surface area contributed by atoms with Crippen LogP contribution in [0.15, 0.2) is 60.7 Å². The van der Waals surface area contributed by atoms with Crippen LogP contribution in [-0.4, -0.2) is 42.5 Å². The van der Waals surface area contributed by atoms with Crippen LogP contribution in [0.5, 0.6) is 0 Å². The Balaban J connectivity index is 0.000000208. The van der Waals surface area contributed by atoms with Gasteiger partial charge in [-0.3, -0.25) is 10.2 Å². The van der Waals surface area contributed by atoms with Crippen LogP contribution in [0.3, 0.4) is 0 Å². The Morgan fingerprint density at radius 3 is 1.17 bits per heavy atom. The first-order valence-corrected chi connectivity index (χ1v) is 11.3. The largest absolute Gasteiger partial charge is 0.473 e. The van der Waals surface area contributed by atoms with Gasteiger partial charge in [0.05, 0.1) is 11.4 Å². The van der Waals surface area contributed by atoms with Gasteiger partial charge in [-0.1, -0.05) is 76.2 Å². The van der Waals surface area contributed by atoms with Crippen LogP contribution in [0, 0.1) is 0 Å². The third-order valence-corrected chi connectivity index (χ3v) is 5.16. The van der Waals surface area contributed by atoms with Gasteiger partial charge in [0.25, 0.3) is 0 Å². The molecule has 36 heavy (non-hydrogen) atoms. The van der Waals surface area contributed by atoms with Crippen molar-refractivity contribution >= 4 is 23.6 Å². The minimum absolute atomic E-state index is 0.526. The number of hydrogen-bond acceptors (Lipinski definition) is 6. The summed E-state index contributed by atoms with van der Waals surface area (Å²) < 4.78 is 0. The molecule has 0 saturated carbocycles. The molecule has 2 heterocycles. The fraction of sp³-hybridized carbons (Fsp3) is 0.231. The molecule has 0 aliphatic carbocycles. The molecule has 190 valence electrons. The lowest BCUT2D eigenvalue weighted by molar-refractivity contribution is -0.159. The molecule has 0 radical (unpaired) electrons. The normalized spacial score (nSPS) is 10.3. The Hall–Kier alpha value is -4.60. The standard InChI is InChI=1S/2C12H15N3.C2H2O4/c2*1-8(2)9-3-5-10(6-4-9)11-7-12(13)15-14-11;3-1(4)2(5)6/h2*3-8H,1-2H3,(H3,13,14,15);(H,3,4)(H,5,6). The molecule has 0 aliphatic heterocycles. The zero-order valence-corrected chi connectivity index (χ0v) is 20.7. The van der Waals surface area contributed by atoms with Gasteiger partial charge < -0.3 is 21.7 Å². The van der Waals surface area contributed by atoms with E-state index >= 15 is 0 Å². The molecule has 4 rings (SSSR count). The molecule has 0 amide bonds. The van der Waals surface area contributed by atoms with Crippen molar-refractivity contribution in [3.8, 4) is 22.5 Å². The van der Waals surface area contributed by atoms with Gasteiger partial charge in [-0.25, -0.2) is 9.59 Å². The van der Waals surface area contributed by atoms with E-state index in [0.717, 1.165) is 22.5 Å². The summed E-state index contributed by atoms with van der Waals surface area (Å²) in [5.41, 5.74) is 17.9. The second kappa shape index (κ2) is 12.7. The van der Waals surface area contributed by atoms with E-state index in [0.29, 0.717) is 23.5 Å². The van der Waals surface area contributed by atoms with Crippen LogP contribution >= 0.6 is 0 Å². The van der Waals surface area contributed by atoms with Crippen LogP contribution in [0.2, 0.25) is 0 Å². The molecule has 2 aromatic heterocycles. The van der Waals surface area contributed by atoms with Crippen molar-refractivity contribution in [2.45, 2.75) is 39.5 Å². The van der Waals surface area contributed by atoms with E-state index in [1.54, 1.807) is 0 Å². The third-order valence-electron chi connectivity index (χ3n) is 5.16. The average molecular weight is 493 g/mol. The number of H-pyrrole nitrogens is 2. The average Bonchev–Trinajstić information content (AvgIpc) is 3.48. The van der Waals surface area contributed by atoms with E-state index in [4.69, 9.17) is 31.3 Å². The Kier molecular flexibility index (Phi) is 9.79. The van der Waals surface area contributed by atoms with Crippen LogP contribution in [0.1, 0.15) is 50.7 Å². The zero-order chi connectivity index (χ0) is 26.8. The summed E-state index contributed by atoms with van der Waals surface area (Å²) in [5, 5.41) is 28.4. The molecule has 0 saturated heterocycles. The van der Waals surface area contributed by atoms with Crippen molar-refractivity contribution in [2.24, 2.45) is 0 Å². The molecule has 2 aromatic carbocycles. The summed E-state index contributed by atoms with van der Waals surface area (Å²) in [6.07, 6.45) is 0. The molecular weight excluding hydrogens is 460 g/mol. The molecule has 0 unspecified atom stereocenters. The highest BCUT2D eigenvalue weighted by atomic mass is 16.4. The topological polar surface area (TPSA) is 184 Å². The molecule has 8 N–H and O–H groups in total. The first kappa shape index (κ1) is 27.6. The molecule has 0 spiro atoms. The van der Waals surface area contributed by atoms with E-state index < -0.39 is 11.9 Å². The lowest BCUT2D eigenvalue weighted by Crippen LogP contribution is -2.09. The number of nitrogens with zero attached hydrogens (tertiary/aromatic N) is 2. The fourth-order valence-electron chi connectivity index (χ4n) is 3.07. The van der Waals surface area contributed by atoms with Crippen molar-refractivity contribution in [1.29, 1.82) is 0 Å². The van der Waals surface area contributed by atoms with Gasteiger partial charge in [0.2, 0.25) is 0 Å². The summed E-state index contributed by atoms with van der Waals surface area (Å²) in [6, 6.07) is 20.6. The predicted octanol–water partition coefficient (Wildman–Crippen LogP) is 4.72. The highest BCUT2D eigenvalue weighted by Gasteiger charge is 2.05. The molecule has 0 atom stereocenters. The van der Waals surface area contributed by atoms with Gasteiger partial charge in [0.1, 0.15) is 11.6 Å². The summed E-state index contributed by atoms with van der Waals surface area (Å²) >= 11 is 0. The Bertz CT molecular complexity index is 1160. The van der Waals surface area contributed by atoms with Gasteiger partial charge in [-0.2, -0.15) is 10.2 Å². The second-order valence-corrected chi connectivity index (χ2v) is 8.58. The number of nitrogen functional groups attached to an aromatic ring is 2. The van der Waals surface area contributed by atoms with Gasteiger partial charge in [0.15, 0.2) is 0 Å². The number of aliphatic carboxylic acids is 2. The molecule has 0 bridgehead atoms. The summed E-state index contributed by atoms with van der Waals surface area (Å²) in [7, 11) is 0. The van der Waals surface area contributed by atoms with E-state index in [2.05, 4.69) is 96.6 Å². The number of nitrogens with two attached hydrogens (primary N) is 2. The Labute approximate surface area is 209 Å². The predicted molar refractivity (Wildman–Crippen MR) is 140 cm³/mol. The summed E-state index contributed by atoms with van der Waals surface area (Å²) in [4.78, 5) is 18.2. The number of hydrogen-bond donors (Lipinski definition) is 6. The highest BCUT2D eigenvalue weighted by molar-refractivity contribution is 6.27. The minimum Gasteiger partial charge on any atom is -0.473 e.